The first-order valence-corrected chi connectivity index (χ1v) is 5.14. The van der Waals surface area contributed by atoms with E-state index in [4.69, 9.17) is 0 Å². The van der Waals surface area contributed by atoms with Crippen molar-refractivity contribution >= 4 is 5.82 Å². The summed E-state index contributed by atoms with van der Waals surface area (Å²) in [5.41, 5.74) is 1.59. The van der Waals surface area contributed by atoms with Crippen LogP contribution in [0.3, 0.4) is 0 Å². The quantitative estimate of drug-likeness (QED) is 0.859. The van der Waals surface area contributed by atoms with Gasteiger partial charge in [0.25, 0.3) is 0 Å². The second-order valence-corrected chi connectivity index (χ2v) is 3.78. The first-order chi connectivity index (χ1) is 7.66. The lowest BCUT2D eigenvalue weighted by molar-refractivity contribution is 0.616. The number of nitrogens with one attached hydrogen (secondary N) is 1. The highest BCUT2D eigenvalue weighted by atomic mass is 19.1. The summed E-state index contributed by atoms with van der Waals surface area (Å²) in [6, 6.07) is 7.14. The molecule has 4 heteroatoms. The number of aryl methyl sites for hydroxylation is 2. The molecule has 84 valence electrons. The van der Waals surface area contributed by atoms with E-state index >= 15 is 0 Å². The van der Waals surface area contributed by atoms with Crippen molar-refractivity contribution in [2.45, 2.75) is 13.5 Å². The van der Waals surface area contributed by atoms with Gasteiger partial charge in [0.1, 0.15) is 11.6 Å². The third-order valence-electron chi connectivity index (χ3n) is 2.53. The van der Waals surface area contributed by atoms with Crippen LogP contribution in [0.4, 0.5) is 10.2 Å². The van der Waals surface area contributed by atoms with Gasteiger partial charge in [0, 0.05) is 19.7 Å². The molecule has 0 spiro atoms. The largest absolute Gasteiger partial charge is 0.366 e. The molecule has 0 bridgehead atoms. The lowest BCUT2D eigenvalue weighted by Crippen LogP contribution is -2.04. The summed E-state index contributed by atoms with van der Waals surface area (Å²) in [7, 11) is 1.86. The molecule has 0 unspecified atom stereocenters. The topological polar surface area (TPSA) is 29.9 Å². The summed E-state index contributed by atoms with van der Waals surface area (Å²) in [5.74, 6) is 0.755. The zero-order valence-corrected chi connectivity index (χ0v) is 9.37. The van der Waals surface area contributed by atoms with Crippen LogP contribution in [0.5, 0.6) is 0 Å². The maximum Gasteiger partial charge on any atom is 0.126 e. The third kappa shape index (κ3) is 2.21. The number of benzene rings is 1. The van der Waals surface area contributed by atoms with E-state index in [1.807, 2.05) is 19.2 Å². The molecule has 0 aliphatic carbocycles. The molecule has 0 aliphatic rings. The second kappa shape index (κ2) is 4.35. The van der Waals surface area contributed by atoms with Crippen molar-refractivity contribution in [2.24, 2.45) is 7.05 Å². The van der Waals surface area contributed by atoms with Gasteiger partial charge in [-0.15, -0.1) is 0 Å². The molecule has 3 nitrogen and oxygen atoms in total. The predicted octanol–water partition coefficient (Wildman–Crippen LogP) is 2.48. The van der Waals surface area contributed by atoms with Crippen LogP contribution in [0.1, 0.15) is 11.1 Å². The molecule has 1 N–H and O–H groups in total. The fourth-order valence-corrected chi connectivity index (χ4v) is 1.49. The van der Waals surface area contributed by atoms with Crippen molar-refractivity contribution < 1.29 is 4.39 Å². The van der Waals surface area contributed by atoms with Gasteiger partial charge >= 0.3 is 0 Å². The predicted molar refractivity (Wildman–Crippen MR) is 61.7 cm³/mol. The van der Waals surface area contributed by atoms with Crippen LogP contribution < -0.4 is 5.32 Å². The van der Waals surface area contributed by atoms with Crippen molar-refractivity contribution in [3.05, 3.63) is 47.4 Å². The lowest BCUT2D eigenvalue weighted by Gasteiger charge is -2.07. The number of anilines is 1. The van der Waals surface area contributed by atoms with Crippen molar-refractivity contribution in [3.63, 3.8) is 0 Å². The Labute approximate surface area is 93.9 Å². The molecule has 0 radical (unpaired) electrons. The minimum atomic E-state index is -0.163. The molecule has 1 heterocycles. The maximum atomic E-state index is 13.3. The molecule has 0 atom stereocenters. The number of aromatic nitrogens is 2. The van der Waals surface area contributed by atoms with Crippen LogP contribution in [-0.4, -0.2) is 9.78 Å². The Morgan fingerprint density at radius 1 is 1.38 bits per heavy atom. The maximum absolute atomic E-state index is 13.3. The number of halogens is 1. The van der Waals surface area contributed by atoms with Crippen LogP contribution in [0, 0.1) is 12.7 Å². The molecule has 2 rings (SSSR count). The lowest BCUT2D eigenvalue weighted by atomic mass is 10.1. The monoisotopic (exact) mass is 219 g/mol. The van der Waals surface area contributed by atoms with Crippen molar-refractivity contribution in [1.29, 1.82) is 0 Å². The Hall–Kier alpha value is -1.84. The Kier molecular flexibility index (Phi) is 2.90. The average molecular weight is 219 g/mol. The van der Waals surface area contributed by atoms with E-state index in [0.717, 1.165) is 11.4 Å². The minimum Gasteiger partial charge on any atom is -0.366 e. The highest BCUT2D eigenvalue weighted by Crippen LogP contribution is 2.11. The zero-order valence-electron chi connectivity index (χ0n) is 9.37. The minimum absolute atomic E-state index is 0.163. The van der Waals surface area contributed by atoms with Crippen LogP contribution in [-0.2, 0) is 13.6 Å². The molecule has 0 amide bonds. The fraction of sp³-hybridized carbons (Fsp3) is 0.250. The van der Waals surface area contributed by atoms with Crippen LogP contribution in [0.2, 0.25) is 0 Å². The number of hydrogen-bond acceptors (Lipinski definition) is 2. The van der Waals surface area contributed by atoms with E-state index in [1.54, 1.807) is 29.9 Å². The highest BCUT2D eigenvalue weighted by Gasteiger charge is 2.01. The second-order valence-electron chi connectivity index (χ2n) is 3.78. The Balaban J connectivity index is 2.05. The van der Waals surface area contributed by atoms with Crippen molar-refractivity contribution in [1.82, 2.24) is 9.78 Å². The average Bonchev–Trinajstić information content (AvgIpc) is 2.66. The summed E-state index contributed by atoms with van der Waals surface area (Å²) in [5, 5.41) is 7.23. The molecule has 0 aliphatic heterocycles. The van der Waals surface area contributed by atoms with Crippen LogP contribution >= 0.6 is 0 Å². The number of rotatable bonds is 3. The van der Waals surface area contributed by atoms with E-state index in [9.17, 15) is 4.39 Å². The summed E-state index contributed by atoms with van der Waals surface area (Å²) in [6.07, 6.45) is 1.72. The van der Waals surface area contributed by atoms with Gasteiger partial charge in [0.2, 0.25) is 0 Å². The molecule has 1 aromatic heterocycles. The smallest absolute Gasteiger partial charge is 0.126 e. The van der Waals surface area contributed by atoms with E-state index < -0.39 is 0 Å². The molecule has 0 saturated heterocycles. The van der Waals surface area contributed by atoms with Gasteiger partial charge in [-0.1, -0.05) is 12.1 Å². The van der Waals surface area contributed by atoms with E-state index in [0.29, 0.717) is 12.1 Å². The summed E-state index contributed by atoms with van der Waals surface area (Å²) in [6.45, 7) is 2.35. The molecule has 2 aromatic rings. The zero-order chi connectivity index (χ0) is 11.5. The molecule has 16 heavy (non-hydrogen) atoms. The summed E-state index contributed by atoms with van der Waals surface area (Å²) in [4.78, 5) is 0. The van der Waals surface area contributed by atoms with Crippen molar-refractivity contribution in [3.8, 4) is 0 Å². The Morgan fingerprint density at radius 3 is 2.81 bits per heavy atom. The SMILES string of the molecule is Cc1ccc(CNc2ccnn2C)cc1F. The van der Waals surface area contributed by atoms with Crippen molar-refractivity contribution in [2.75, 3.05) is 5.32 Å². The van der Waals surface area contributed by atoms with E-state index in [1.165, 1.54) is 0 Å². The highest BCUT2D eigenvalue weighted by molar-refractivity contribution is 5.35. The fourth-order valence-electron chi connectivity index (χ4n) is 1.49. The summed E-state index contributed by atoms with van der Waals surface area (Å²) < 4.78 is 15.0. The first-order valence-electron chi connectivity index (χ1n) is 5.14. The van der Waals surface area contributed by atoms with E-state index in [2.05, 4.69) is 10.4 Å². The van der Waals surface area contributed by atoms with Gasteiger partial charge in [-0.25, -0.2) is 4.39 Å². The number of nitrogens with zero attached hydrogens (tertiary/aromatic N) is 2. The molecular formula is C12H14FN3. The van der Waals surface area contributed by atoms with Gasteiger partial charge < -0.3 is 5.32 Å². The molecule has 0 saturated carbocycles. The van der Waals surface area contributed by atoms with Gasteiger partial charge in [0.15, 0.2) is 0 Å². The normalized spacial score (nSPS) is 10.4. The molecule has 1 aromatic carbocycles. The van der Waals surface area contributed by atoms with Crippen LogP contribution in [0.15, 0.2) is 30.5 Å². The molecular weight excluding hydrogens is 205 g/mol. The Morgan fingerprint density at radius 2 is 2.19 bits per heavy atom. The van der Waals surface area contributed by atoms with Gasteiger partial charge in [-0.3, -0.25) is 4.68 Å². The van der Waals surface area contributed by atoms with Gasteiger partial charge in [-0.2, -0.15) is 5.10 Å². The standard InChI is InChI=1S/C12H14FN3/c1-9-3-4-10(7-11(9)13)8-14-12-5-6-15-16(12)2/h3-7,14H,8H2,1-2H3. The Bertz CT molecular complexity index is 491. The summed E-state index contributed by atoms with van der Waals surface area (Å²) >= 11 is 0. The first kappa shape index (κ1) is 10.7. The number of hydrogen-bond donors (Lipinski definition) is 1. The van der Waals surface area contributed by atoms with Gasteiger partial charge in [-0.05, 0) is 24.1 Å². The molecule has 0 fully saturated rings. The third-order valence-corrected chi connectivity index (χ3v) is 2.53. The van der Waals surface area contributed by atoms with E-state index in [-0.39, 0.29) is 5.82 Å². The van der Waals surface area contributed by atoms with Crippen LogP contribution in [0.25, 0.3) is 0 Å². The van der Waals surface area contributed by atoms with Gasteiger partial charge in [0.05, 0.1) is 6.20 Å².